The summed E-state index contributed by atoms with van der Waals surface area (Å²) in [6.45, 7) is 0.920. The SMILES string of the molecule is C[C@@H](O)[C@H](NC(=O)CN)C(=O)N[C@@H](Cc1ccc(O)cc1)C(=O)O. The number of carbonyl (C=O) groups excluding carboxylic acids is 2. The minimum absolute atomic E-state index is 0.0290. The molecule has 0 fully saturated rings. The lowest BCUT2D eigenvalue weighted by molar-refractivity contribution is -0.142. The third-order valence-corrected chi connectivity index (χ3v) is 3.26. The molecule has 0 spiro atoms. The summed E-state index contributed by atoms with van der Waals surface area (Å²) < 4.78 is 0. The van der Waals surface area contributed by atoms with E-state index in [1.54, 1.807) is 0 Å². The molecule has 0 saturated carbocycles. The first-order valence-electron chi connectivity index (χ1n) is 7.23. The van der Waals surface area contributed by atoms with Crippen LogP contribution in [-0.4, -0.2) is 57.8 Å². The Balaban J connectivity index is 2.81. The number of carboxylic acids is 1. The molecule has 0 radical (unpaired) electrons. The highest BCUT2D eigenvalue weighted by molar-refractivity contribution is 5.91. The fraction of sp³-hybridized carbons (Fsp3) is 0.400. The first-order valence-corrected chi connectivity index (χ1v) is 7.23. The molecular formula is C15H21N3O6. The van der Waals surface area contributed by atoms with Gasteiger partial charge in [-0.25, -0.2) is 4.79 Å². The van der Waals surface area contributed by atoms with Crippen molar-refractivity contribution in [3.63, 3.8) is 0 Å². The van der Waals surface area contributed by atoms with Crippen molar-refractivity contribution in [2.75, 3.05) is 6.54 Å². The van der Waals surface area contributed by atoms with E-state index >= 15 is 0 Å². The molecule has 24 heavy (non-hydrogen) atoms. The van der Waals surface area contributed by atoms with E-state index in [-0.39, 0.29) is 18.7 Å². The highest BCUT2D eigenvalue weighted by Crippen LogP contribution is 2.11. The average molecular weight is 339 g/mol. The molecular weight excluding hydrogens is 318 g/mol. The van der Waals surface area contributed by atoms with Crippen LogP contribution in [-0.2, 0) is 20.8 Å². The molecule has 7 N–H and O–H groups in total. The van der Waals surface area contributed by atoms with Crippen LogP contribution >= 0.6 is 0 Å². The molecule has 0 unspecified atom stereocenters. The molecule has 132 valence electrons. The summed E-state index contributed by atoms with van der Waals surface area (Å²) in [4.78, 5) is 34.8. The minimum atomic E-state index is -1.32. The Morgan fingerprint density at radius 2 is 1.75 bits per heavy atom. The molecule has 0 aliphatic heterocycles. The zero-order valence-corrected chi connectivity index (χ0v) is 13.1. The van der Waals surface area contributed by atoms with Gasteiger partial charge >= 0.3 is 5.97 Å². The Kier molecular flexibility index (Phi) is 7.15. The second-order valence-corrected chi connectivity index (χ2v) is 5.26. The number of amides is 2. The summed E-state index contributed by atoms with van der Waals surface area (Å²) in [7, 11) is 0. The van der Waals surface area contributed by atoms with E-state index in [1.165, 1.54) is 31.2 Å². The van der Waals surface area contributed by atoms with Gasteiger partial charge in [0.2, 0.25) is 11.8 Å². The number of aliphatic carboxylic acids is 1. The van der Waals surface area contributed by atoms with Crippen molar-refractivity contribution >= 4 is 17.8 Å². The Morgan fingerprint density at radius 1 is 1.17 bits per heavy atom. The van der Waals surface area contributed by atoms with Crippen molar-refractivity contribution in [3.05, 3.63) is 29.8 Å². The van der Waals surface area contributed by atoms with Gasteiger partial charge < -0.3 is 31.7 Å². The predicted molar refractivity (Wildman–Crippen MR) is 84.0 cm³/mol. The molecule has 9 heteroatoms. The molecule has 1 aromatic carbocycles. The van der Waals surface area contributed by atoms with Crippen LogP contribution in [0, 0.1) is 0 Å². The smallest absolute Gasteiger partial charge is 0.326 e. The first-order chi connectivity index (χ1) is 11.2. The van der Waals surface area contributed by atoms with Crippen molar-refractivity contribution in [1.82, 2.24) is 10.6 Å². The molecule has 0 aliphatic rings. The van der Waals surface area contributed by atoms with E-state index in [0.717, 1.165) is 0 Å². The number of aliphatic hydroxyl groups is 1. The second-order valence-electron chi connectivity index (χ2n) is 5.26. The fourth-order valence-electron chi connectivity index (χ4n) is 1.97. The van der Waals surface area contributed by atoms with E-state index in [9.17, 15) is 29.7 Å². The monoisotopic (exact) mass is 339 g/mol. The van der Waals surface area contributed by atoms with Gasteiger partial charge in [0.05, 0.1) is 12.6 Å². The van der Waals surface area contributed by atoms with Crippen LogP contribution in [0.4, 0.5) is 0 Å². The van der Waals surface area contributed by atoms with Crippen molar-refractivity contribution in [2.24, 2.45) is 5.73 Å². The molecule has 0 aromatic heterocycles. The maximum absolute atomic E-state index is 12.2. The largest absolute Gasteiger partial charge is 0.508 e. The van der Waals surface area contributed by atoms with Crippen LogP contribution in [0.2, 0.25) is 0 Å². The standard InChI is InChI=1S/C15H21N3O6/c1-8(19)13(18-12(21)7-16)14(22)17-11(15(23)24)6-9-2-4-10(20)5-3-9/h2-5,8,11,13,19-20H,6-7,16H2,1H3,(H,17,22)(H,18,21)(H,23,24)/t8-,11+,13+/m1/s1. The molecule has 1 rings (SSSR count). The fourth-order valence-corrected chi connectivity index (χ4v) is 1.97. The number of aromatic hydroxyl groups is 1. The maximum atomic E-state index is 12.2. The Hall–Kier alpha value is -2.65. The zero-order chi connectivity index (χ0) is 18.3. The van der Waals surface area contributed by atoms with Crippen LogP contribution in [0.3, 0.4) is 0 Å². The summed E-state index contributed by atoms with van der Waals surface area (Å²) in [5.74, 6) is -2.72. The van der Waals surface area contributed by atoms with E-state index in [1.807, 2.05) is 0 Å². The van der Waals surface area contributed by atoms with E-state index in [4.69, 9.17) is 5.73 Å². The van der Waals surface area contributed by atoms with Gasteiger partial charge in [0.1, 0.15) is 17.8 Å². The third kappa shape index (κ3) is 5.86. The van der Waals surface area contributed by atoms with Crippen LogP contribution in [0.25, 0.3) is 0 Å². The predicted octanol–water partition coefficient (Wildman–Crippen LogP) is -1.67. The van der Waals surface area contributed by atoms with Gasteiger partial charge in [-0.3, -0.25) is 9.59 Å². The number of rotatable bonds is 8. The number of carbonyl (C=O) groups is 3. The number of benzene rings is 1. The van der Waals surface area contributed by atoms with Crippen molar-refractivity contribution in [1.29, 1.82) is 0 Å². The molecule has 1 aromatic rings. The Labute approximate surface area is 138 Å². The molecule has 3 atom stereocenters. The highest BCUT2D eigenvalue weighted by atomic mass is 16.4. The molecule has 0 saturated heterocycles. The van der Waals surface area contributed by atoms with E-state index in [2.05, 4.69) is 10.6 Å². The van der Waals surface area contributed by atoms with Gasteiger partial charge in [-0.1, -0.05) is 12.1 Å². The number of hydrogen-bond donors (Lipinski definition) is 6. The minimum Gasteiger partial charge on any atom is -0.508 e. The van der Waals surface area contributed by atoms with Gasteiger partial charge in [0.25, 0.3) is 0 Å². The van der Waals surface area contributed by atoms with Gasteiger partial charge in [-0.2, -0.15) is 0 Å². The van der Waals surface area contributed by atoms with E-state index in [0.29, 0.717) is 5.56 Å². The average Bonchev–Trinajstić information content (AvgIpc) is 2.53. The molecule has 0 aliphatic carbocycles. The number of nitrogens with one attached hydrogen (secondary N) is 2. The zero-order valence-electron chi connectivity index (χ0n) is 13.1. The quantitative estimate of drug-likeness (QED) is 0.330. The van der Waals surface area contributed by atoms with Crippen LogP contribution < -0.4 is 16.4 Å². The van der Waals surface area contributed by atoms with Crippen LogP contribution in [0.1, 0.15) is 12.5 Å². The summed E-state index contributed by atoms with van der Waals surface area (Å²) >= 11 is 0. The molecule has 0 bridgehead atoms. The summed E-state index contributed by atoms with van der Waals surface area (Å²) in [5.41, 5.74) is 5.73. The van der Waals surface area contributed by atoms with Crippen molar-refractivity contribution in [3.8, 4) is 5.75 Å². The number of phenols is 1. The first kappa shape index (κ1) is 19.4. The topological polar surface area (TPSA) is 162 Å². The van der Waals surface area contributed by atoms with E-state index < -0.39 is 36.0 Å². The summed E-state index contributed by atoms with van der Waals surface area (Å²) in [6.07, 6.45) is -1.26. The molecule has 2 amide bonds. The Bertz CT molecular complexity index is 587. The van der Waals surface area contributed by atoms with Crippen molar-refractivity contribution < 1.29 is 29.7 Å². The number of phenolic OH excluding ortho intramolecular Hbond substituents is 1. The second kappa shape index (κ2) is 8.85. The molecule has 0 heterocycles. The number of aliphatic hydroxyl groups excluding tert-OH is 1. The third-order valence-electron chi connectivity index (χ3n) is 3.26. The van der Waals surface area contributed by atoms with Crippen LogP contribution in [0.15, 0.2) is 24.3 Å². The number of nitrogens with two attached hydrogens (primary N) is 1. The number of carboxylic acid groups (broad SMARTS) is 1. The Morgan fingerprint density at radius 3 is 2.21 bits per heavy atom. The molecule has 9 nitrogen and oxygen atoms in total. The van der Waals surface area contributed by atoms with Gasteiger partial charge in [0, 0.05) is 6.42 Å². The highest BCUT2D eigenvalue weighted by Gasteiger charge is 2.29. The summed E-state index contributed by atoms with van der Waals surface area (Å²) in [6, 6.07) is 3.27. The maximum Gasteiger partial charge on any atom is 0.326 e. The summed E-state index contributed by atoms with van der Waals surface area (Å²) in [5, 5.41) is 32.6. The van der Waals surface area contributed by atoms with Gasteiger partial charge in [-0.15, -0.1) is 0 Å². The van der Waals surface area contributed by atoms with Gasteiger partial charge in [-0.05, 0) is 24.6 Å². The van der Waals surface area contributed by atoms with Crippen LogP contribution in [0.5, 0.6) is 5.75 Å². The lowest BCUT2D eigenvalue weighted by atomic mass is 10.0. The van der Waals surface area contributed by atoms with Crippen molar-refractivity contribution in [2.45, 2.75) is 31.5 Å². The lowest BCUT2D eigenvalue weighted by Gasteiger charge is -2.23. The lowest BCUT2D eigenvalue weighted by Crippen LogP contribution is -2.56. The normalized spacial score (nSPS) is 14.3. The van der Waals surface area contributed by atoms with Gasteiger partial charge in [0.15, 0.2) is 0 Å². The number of hydrogen-bond acceptors (Lipinski definition) is 6.